The van der Waals surface area contributed by atoms with Gasteiger partial charge in [0.05, 0.1) is 25.6 Å². The molecule has 3 unspecified atom stereocenters. The second-order valence-corrected chi connectivity index (χ2v) is 6.13. The van der Waals surface area contributed by atoms with Gasteiger partial charge in [-0.2, -0.15) is 0 Å². The average Bonchev–Trinajstić information content (AvgIpc) is 2.54. The summed E-state index contributed by atoms with van der Waals surface area (Å²) in [6, 6.07) is 0. The summed E-state index contributed by atoms with van der Waals surface area (Å²) < 4.78 is 10.3. The lowest BCUT2D eigenvalue weighted by Crippen LogP contribution is -2.30. The topological polar surface area (TPSA) is 52.6 Å². The van der Waals surface area contributed by atoms with Crippen molar-refractivity contribution in [1.82, 2.24) is 0 Å². The van der Waals surface area contributed by atoms with Crippen molar-refractivity contribution in [2.24, 2.45) is 17.8 Å². The van der Waals surface area contributed by atoms with Crippen molar-refractivity contribution in [3.63, 3.8) is 0 Å². The number of hydrogen-bond donors (Lipinski definition) is 0. The lowest BCUT2D eigenvalue weighted by atomic mass is 9.81. The summed E-state index contributed by atoms with van der Waals surface area (Å²) >= 11 is 0. The van der Waals surface area contributed by atoms with Gasteiger partial charge in [-0.15, -0.1) is 0 Å². The quantitative estimate of drug-likeness (QED) is 0.641. The number of methoxy groups -OCH3 is 1. The second kappa shape index (κ2) is 9.80. The lowest BCUT2D eigenvalue weighted by Gasteiger charge is -2.26. The first-order chi connectivity index (χ1) is 10.1. The summed E-state index contributed by atoms with van der Waals surface area (Å²) in [5.41, 5.74) is 0. The van der Waals surface area contributed by atoms with Crippen molar-refractivity contribution in [2.45, 2.75) is 65.2 Å². The van der Waals surface area contributed by atoms with Crippen LogP contribution in [0.25, 0.3) is 0 Å². The fraction of sp³-hybridized carbons (Fsp3) is 0.882. The maximum absolute atomic E-state index is 12.2. The predicted octanol–water partition coefficient (Wildman–Crippen LogP) is 3.73. The van der Waals surface area contributed by atoms with Gasteiger partial charge in [0.15, 0.2) is 0 Å². The van der Waals surface area contributed by atoms with E-state index in [1.54, 1.807) is 0 Å². The number of rotatable bonds is 8. The molecule has 4 nitrogen and oxygen atoms in total. The van der Waals surface area contributed by atoms with Gasteiger partial charge in [-0.25, -0.2) is 0 Å². The molecule has 3 atom stereocenters. The van der Waals surface area contributed by atoms with Crippen molar-refractivity contribution in [3.05, 3.63) is 0 Å². The Hall–Kier alpha value is -1.06. The number of carbonyl (C=O) groups excluding carboxylic acids is 2. The fourth-order valence-corrected chi connectivity index (χ4v) is 3.00. The largest absolute Gasteiger partial charge is 0.469 e. The minimum absolute atomic E-state index is 0.126. The van der Waals surface area contributed by atoms with Crippen LogP contribution in [-0.4, -0.2) is 25.7 Å². The van der Waals surface area contributed by atoms with Crippen molar-refractivity contribution >= 4 is 11.9 Å². The maximum Gasteiger partial charge on any atom is 0.308 e. The molecule has 21 heavy (non-hydrogen) atoms. The smallest absolute Gasteiger partial charge is 0.308 e. The number of hydrogen-bond acceptors (Lipinski definition) is 4. The summed E-state index contributed by atoms with van der Waals surface area (Å²) in [7, 11) is 1.41. The van der Waals surface area contributed by atoms with Gasteiger partial charge in [0, 0.05) is 0 Å². The van der Waals surface area contributed by atoms with E-state index in [-0.39, 0.29) is 23.8 Å². The van der Waals surface area contributed by atoms with Crippen LogP contribution in [0.3, 0.4) is 0 Å². The molecule has 1 aliphatic rings. The molecule has 0 saturated heterocycles. The highest BCUT2D eigenvalue weighted by Crippen LogP contribution is 2.31. The van der Waals surface area contributed by atoms with Crippen molar-refractivity contribution in [1.29, 1.82) is 0 Å². The van der Waals surface area contributed by atoms with E-state index in [9.17, 15) is 9.59 Å². The third-order valence-corrected chi connectivity index (χ3v) is 4.55. The number of ether oxygens (including phenoxy) is 2. The Morgan fingerprint density at radius 3 is 2.38 bits per heavy atom. The number of esters is 2. The van der Waals surface area contributed by atoms with Crippen LogP contribution in [0, 0.1) is 17.8 Å². The van der Waals surface area contributed by atoms with Gasteiger partial charge in [-0.3, -0.25) is 9.59 Å². The van der Waals surface area contributed by atoms with E-state index in [1.165, 1.54) is 20.0 Å². The normalized spacial score (nSPS) is 23.4. The molecular formula is C17H30O4. The van der Waals surface area contributed by atoms with Gasteiger partial charge < -0.3 is 9.47 Å². The Morgan fingerprint density at radius 2 is 1.81 bits per heavy atom. The van der Waals surface area contributed by atoms with Gasteiger partial charge >= 0.3 is 11.9 Å². The molecule has 0 amide bonds. The summed E-state index contributed by atoms with van der Waals surface area (Å²) in [6.45, 7) is 4.84. The standard InChI is InChI=1S/C17H30O4/c1-4-6-8-13(5-2)12-21-17(19)15-10-7-9-14(11-15)16(18)20-3/h13-15H,4-12H2,1-3H3. The first-order valence-electron chi connectivity index (χ1n) is 8.36. The molecule has 122 valence electrons. The summed E-state index contributed by atoms with van der Waals surface area (Å²) in [6.07, 6.45) is 7.66. The minimum Gasteiger partial charge on any atom is -0.469 e. The van der Waals surface area contributed by atoms with E-state index in [4.69, 9.17) is 9.47 Å². The Morgan fingerprint density at radius 1 is 1.14 bits per heavy atom. The Labute approximate surface area is 128 Å². The third kappa shape index (κ3) is 6.06. The molecule has 0 radical (unpaired) electrons. The summed E-state index contributed by atoms with van der Waals surface area (Å²) in [5, 5.41) is 0. The van der Waals surface area contributed by atoms with Gasteiger partial charge in [0.2, 0.25) is 0 Å². The third-order valence-electron chi connectivity index (χ3n) is 4.55. The van der Waals surface area contributed by atoms with E-state index in [0.29, 0.717) is 18.9 Å². The van der Waals surface area contributed by atoms with Crippen LogP contribution in [0.2, 0.25) is 0 Å². The second-order valence-electron chi connectivity index (χ2n) is 6.13. The minimum atomic E-state index is -0.193. The predicted molar refractivity (Wildman–Crippen MR) is 81.7 cm³/mol. The zero-order chi connectivity index (χ0) is 15.7. The molecule has 1 fully saturated rings. The van der Waals surface area contributed by atoms with Crippen molar-refractivity contribution < 1.29 is 19.1 Å². The van der Waals surface area contributed by atoms with Crippen molar-refractivity contribution in [3.8, 4) is 0 Å². The van der Waals surface area contributed by atoms with Crippen LogP contribution in [0.1, 0.15) is 65.2 Å². The molecule has 0 aromatic rings. The summed E-state index contributed by atoms with van der Waals surface area (Å²) in [5.74, 6) is -0.121. The number of unbranched alkanes of at least 4 members (excludes halogenated alkanes) is 1. The van der Waals surface area contributed by atoms with Crippen LogP contribution in [0.15, 0.2) is 0 Å². The Bertz CT molecular complexity index is 327. The van der Waals surface area contributed by atoms with Gasteiger partial charge in [0.1, 0.15) is 0 Å². The zero-order valence-corrected chi connectivity index (χ0v) is 13.7. The van der Waals surface area contributed by atoms with Crippen LogP contribution in [0.5, 0.6) is 0 Å². The molecule has 1 saturated carbocycles. The SMILES string of the molecule is CCCCC(CC)COC(=O)C1CCCC(C(=O)OC)C1. The van der Waals surface area contributed by atoms with Crippen molar-refractivity contribution in [2.75, 3.05) is 13.7 Å². The molecule has 0 spiro atoms. The Balaban J connectivity index is 2.38. The highest BCUT2D eigenvalue weighted by atomic mass is 16.5. The van der Waals surface area contributed by atoms with E-state index >= 15 is 0 Å². The first kappa shape index (κ1) is 18.0. The molecule has 1 aliphatic carbocycles. The van der Waals surface area contributed by atoms with Crippen LogP contribution in [0.4, 0.5) is 0 Å². The Kier molecular flexibility index (Phi) is 8.40. The molecule has 0 aromatic heterocycles. The van der Waals surface area contributed by atoms with E-state index in [1.807, 2.05) is 0 Å². The zero-order valence-electron chi connectivity index (χ0n) is 13.7. The van der Waals surface area contributed by atoms with Gasteiger partial charge in [-0.1, -0.05) is 39.5 Å². The van der Waals surface area contributed by atoms with E-state index in [2.05, 4.69) is 13.8 Å². The van der Waals surface area contributed by atoms with E-state index < -0.39 is 0 Å². The average molecular weight is 298 g/mol. The molecule has 0 N–H and O–H groups in total. The van der Waals surface area contributed by atoms with Gasteiger partial charge in [-0.05, 0) is 31.6 Å². The van der Waals surface area contributed by atoms with Crippen LogP contribution < -0.4 is 0 Å². The monoisotopic (exact) mass is 298 g/mol. The van der Waals surface area contributed by atoms with Gasteiger partial charge in [0.25, 0.3) is 0 Å². The summed E-state index contributed by atoms with van der Waals surface area (Å²) in [4.78, 5) is 23.8. The molecule has 0 aliphatic heterocycles. The number of carbonyl (C=O) groups is 2. The molecule has 0 aromatic carbocycles. The molecule has 0 heterocycles. The molecular weight excluding hydrogens is 268 g/mol. The maximum atomic E-state index is 12.2. The van der Waals surface area contributed by atoms with E-state index in [0.717, 1.165) is 32.1 Å². The molecule has 4 heteroatoms. The lowest BCUT2D eigenvalue weighted by molar-refractivity contribution is -0.154. The highest BCUT2D eigenvalue weighted by molar-refractivity contribution is 5.76. The molecule has 1 rings (SSSR count). The fourth-order valence-electron chi connectivity index (χ4n) is 3.00. The van der Waals surface area contributed by atoms with Crippen LogP contribution >= 0.6 is 0 Å². The highest BCUT2D eigenvalue weighted by Gasteiger charge is 2.32. The molecule has 0 bridgehead atoms. The first-order valence-corrected chi connectivity index (χ1v) is 8.36. The van der Waals surface area contributed by atoms with Crippen LogP contribution in [-0.2, 0) is 19.1 Å².